The average Bonchev–Trinajstić information content (AvgIpc) is 3.11. The molecule has 1 amide bonds. The Morgan fingerprint density at radius 1 is 1.10 bits per heavy atom. The predicted molar refractivity (Wildman–Crippen MR) is 124 cm³/mol. The van der Waals surface area contributed by atoms with E-state index in [9.17, 15) is 4.79 Å². The number of piperazine rings is 1. The first-order valence-corrected chi connectivity index (χ1v) is 10.9. The van der Waals surface area contributed by atoms with E-state index in [0.29, 0.717) is 17.3 Å². The number of amides is 1. The summed E-state index contributed by atoms with van der Waals surface area (Å²) in [5, 5.41) is 3.02. The minimum absolute atomic E-state index is 0.189. The second-order valence-corrected chi connectivity index (χ2v) is 8.26. The predicted octanol–water partition coefficient (Wildman–Crippen LogP) is 3.24. The molecule has 2 heterocycles. The van der Waals surface area contributed by atoms with Crippen molar-refractivity contribution in [3.05, 3.63) is 53.6 Å². The maximum Gasteiger partial charge on any atom is 0.258 e. The van der Waals surface area contributed by atoms with Crippen molar-refractivity contribution < 1.29 is 9.53 Å². The number of fused-ring (bicyclic) bond motifs is 1. The van der Waals surface area contributed by atoms with Crippen molar-refractivity contribution in [1.29, 1.82) is 0 Å². The molecule has 0 saturated carbocycles. The number of hydrogen-bond acceptors (Lipinski definition) is 5. The van der Waals surface area contributed by atoms with E-state index in [1.807, 2.05) is 18.2 Å². The number of carbonyl (C=O) groups excluding carboxylic acids is 1. The highest BCUT2D eigenvalue weighted by Crippen LogP contribution is 2.23. The number of aryl methyl sites for hydroxylation is 2. The van der Waals surface area contributed by atoms with Crippen molar-refractivity contribution in [1.82, 2.24) is 19.4 Å². The highest BCUT2D eigenvalue weighted by molar-refractivity contribution is 6.04. The Bertz CT molecular complexity index is 1050. The summed E-state index contributed by atoms with van der Waals surface area (Å²) in [4.78, 5) is 22.5. The second-order valence-electron chi connectivity index (χ2n) is 8.26. The number of nitrogens with zero attached hydrogens (tertiary/aromatic N) is 4. The molecule has 1 aromatic heterocycles. The molecule has 7 heteroatoms. The molecular weight excluding hydrogens is 390 g/mol. The number of rotatable bonds is 7. The quantitative estimate of drug-likeness (QED) is 0.635. The molecule has 31 heavy (non-hydrogen) atoms. The van der Waals surface area contributed by atoms with Gasteiger partial charge in [0.25, 0.3) is 5.91 Å². The van der Waals surface area contributed by atoms with Crippen LogP contribution in [-0.2, 0) is 6.54 Å². The van der Waals surface area contributed by atoms with Crippen LogP contribution in [0.5, 0.6) is 5.75 Å². The minimum atomic E-state index is -0.189. The van der Waals surface area contributed by atoms with Crippen molar-refractivity contribution in [2.75, 3.05) is 52.2 Å². The van der Waals surface area contributed by atoms with Crippen LogP contribution >= 0.6 is 0 Å². The molecule has 1 N–H and O–H groups in total. The van der Waals surface area contributed by atoms with Gasteiger partial charge < -0.3 is 19.1 Å². The Labute approximate surface area is 183 Å². The molecule has 0 radical (unpaired) electrons. The standard InChI is InChI=1S/C24H31N5O2/c1-18-8-9-21-22(16-18)29(11-5-10-28-14-12-27(2)13-15-28)24(25-21)26-23(30)19-6-4-7-20(17-19)31-3/h4,6-9,16-17H,5,10-15H2,1-3H3,(H,25,26,30). The Morgan fingerprint density at radius 2 is 1.90 bits per heavy atom. The van der Waals surface area contributed by atoms with E-state index >= 15 is 0 Å². The summed E-state index contributed by atoms with van der Waals surface area (Å²) >= 11 is 0. The molecule has 164 valence electrons. The van der Waals surface area contributed by atoms with E-state index in [0.717, 1.165) is 56.7 Å². The van der Waals surface area contributed by atoms with Crippen LogP contribution in [0.15, 0.2) is 42.5 Å². The number of aromatic nitrogens is 2. The van der Waals surface area contributed by atoms with Crippen LogP contribution in [0.25, 0.3) is 11.0 Å². The maximum atomic E-state index is 12.9. The number of ether oxygens (including phenoxy) is 1. The lowest BCUT2D eigenvalue weighted by molar-refractivity contribution is 0.102. The van der Waals surface area contributed by atoms with Crippen LogP contribution in [0.1, 0.15) is 22.3 Å². The van der Waals surface area contributed by atoms with E-state index in [-0.39, 0.29) is 5.91 Å². The summed E-state index contributed by atoms with van der Waals surface area (Å²) < 4.78 is 7.38. The molecule has 1 saturated heterocycles. The summed E-state index contributed by atoms with van der Waals surface area (Å²) in [7, 11) is 3.77. The number of anilines is 1. The fourth-order valence-electron chi connectivity index (χ4n) is 4.02. The van der Waals surface area contributed by atoms with Crippen molar-refractivity contribution in [3.63, 3.8) is 0 Å². The fourth-order valence-corrected chi connectivity index (χ4v) is 4.02. The molecule has 0 spiro atoms. The Hall–Kier alpha value is -2.90. The first-order chi connectivity index (χ1) is 15.0. The second kappa shape index (κ2) is 9.49. The zero-order chi connectivity index (χ0) is 21.8. The van der Waals surface area contributed by atoms with E-state index in [1.54, 1.807) is 19.2 Å². The van der Waals surface area contributed by atoms with E-state index < -0.39 is 0 Å². The van der Waals surface area contributed by atoms with Gasteiger partial charge in [-0.05, 0) is 62.8 Å². The topological polar surface area (TPSA) is 62.6 Å². The Morgan fingerprint density at radius 3 is 2.68 bits per heavy atom. The highest BCUT2D eigenvalue weighted by atomic mass is 16.5. The summed E-state index contributed by atoms with van der Waals surface area (Å²) in [6, 6.07) is 13.4. The van der Waals surface area contributed by atoms with Crippen LogP contribution in [0, 0.1) is 6.92 Å². The molecule has 3 aromatic rings. The van der Waals surface area contributed by atoms with Crippen molar-refractivity contribution in [2.45, 2.75) is 19.9 Å². The molecule has 0 aliphatic carbocycles. The third kappa shape index (κ3) is 5.06. The lowest BCUT2D eigenvalue weighted by atomic mass is 10.2. The van der Waals surface area contributed by atoms with Gasteiger partial charge in [0, 0.05) is 38.3 Å². The zero-order valence-electron chi connectivity index (χ0n) is 18.6. The highest BCUT2D eigenvalue weighted by Gasteiger charge is 2.17. The van der Waals surface area contributed by atoms with Gasteiger partial charge in [-0.1, -0.05) is 12.1 Å². The van der Waals surface area contributed by atoms with Crippen LogP contribution in [0.3, 0.4) is 0 Å². The van der Waals surface area contributed by atoms with Crippen LogP contribution < -0.4 is 10.1 Å². The average molecular weight is 422 g/mol. The zero-order valence-corrected chi connectivity index (χ0v) is 18.6. The number of methoxy groups -OCH3 is 1. The van der Waals surface area contributed by atoms with E-state index in [1.165, 1.54) is 5.56 Å². The number of benzene rings is 2. The van der Waals surface area contributed by atoms with Gasteiger partial charge in [0.2, 0.25) is 5.95 Å². The van der Waals surface area contributed by atoms with Gasteiger partial charge in [-0.25, -0.2) is 4.98 Å². The van der Waals surface area contributed by atoms with Gasteiger partial charge in [-0.15, -0.1) is 0 Å². The summed E-state index contributed by atoms with van der Waals surface area (Å²) in [6.07, 6.45) is 1.01. The number of hydrogen-bond donors (Lipinski definition) is 1. The van der Waals surface area contributed by atoms with Gasteiger partial charge in [0.05, 0.1) is 18.1 Å². The van der Waals surface area contributed by atoms with Gasteiger partial charge in [0.1, 0.15) is 5.75 Å². The molecule has 0 atom stereocenters. The summed E-state index contributed by atoms with van der Waals surface area (Å²) in [5.74, 6) is 1.06. The first-order valence-electron chi connectivity index (χ1n) is 10.9. The maximum absolute atomic E-state index is 12.9. The molecule has 1 aliphatic rings. The van der Waals surface area contributed by atoms with E-state index in [2.05, 4.69) is 45.8 Å². The largest absolute Gasteiger partial charge is 0.497 e. The monoisotopic (exact) mass is 421 g/mol. The van der Waals surface area contributed by atoms with Crippen LogP contribution in [-0.4, -0.2) is 72.1 Å². The number of imidazole rings is 1. The molecule has 1 aliphatic heterocycles. The van der Waals surface area contributed by atoms with Crippen molar-refractivity contribution in [3.8, 4) is 5.75 Å². The molecule has 7 nitrogen and oxygen atoms in total. The first kappa shape index (κ1) is 21.3. The number of carbonyl (C=O) groups is 1. The van der Waals surface area contributed by atoms with Crippen LogP contribution in [0.2, 0.25) is 0 Å². The van der Waals surface area contributed by atoms with Gasteiger partial charge >= 0.3 is 0 Å². The van der Waals surface area contributed by atoms with Gasteiger partial charge in [-0.2, -0.15) is 0 Å². The molecule has 2 aromatic carbocycles. The third-order valence-corrected chi connectivity index (χ3v) is 5.91. The fraction of sp³-hybridized carbons (Fsp3) is 0.417. The lowest BCUT2D eigenvalue weighted by Crippen LogP contribution is -2.44. The van der Waals surface area contributed by atoms with Crippen molar-refractivity contribution >= 4 is 22.9 Å². The van der Waals surface area contributed by atoms with Crippen LogP contribution in [0.4, 0.5) is 5.95 Å². The number of nitrogens with one attached hydrogen (secondary N) is 1. The Kier molecular flexibility index (Phi) is 6.53. The number of likely N-dealkylation sites (N-methyl/N-ethyl adjacent to an activating group) is 1. The SMILES string of the molecule is COc1cccc(C(=O)Nc2nc3ccc(C)cc3n2CCCN2CCN(C)CC2)c1. The molecule has 1 fully saturated rings. The van der Waals surface area contributed by atoms with Gasteiger partial charge in [-0.3, -0.25) is 10.1 Å². The smallest absolute Gasteiger partial charge is 0.258 e. The third-order valence-electron chi connectivity index (χ3n) is 5.91. The minimum Gasteiger partial charge on any atom is -0.497 e. The molecule has 0 unspecified atom stereocenters. The summed E-state index contributed by atoms with van der Waals surface area (Å²) in [6.45, 7) is 8.39. The lowest BCUT2D eigenvalue weighted by Gasteiger charge is -2.32. The van der Waals surface area contributed by atoms with Crippen molar-refractivity contribution in [2.24, 2.45) is 0 Å². The molecule has 0 bridgehead atoms. The summed E-state index contributed by atoms with van der Waals surface area (Å²) in [5.41, 5.74) is 3.68. The molecule has 4 rings (SSSR count). The van der Waals surface area contributed by atoms with E-state index in [4.69, 9.17) is 9.72 Å². The van der Waals surface area contributed by atoms with Gasteiger partial charge in [0.15, 0.2) is 0 Å². The Balaban J connectivity index is 1.52. The normalized spacial score (nSPS) is 15.3. The molecular formula is C24H31N5O2.